The summed E-state index contributed by atoms with van der Waals surface area (Å²) in [6, 6.07) is 7.28. The summed E-state index contributed by atoms with van der Waals surface area (Å²) in [5.74, 6) is -0.386. The molecular weight excluding hydrogens is 294 g/mol. The van der Waals surface area contributed by atoms with Gasteiger partial charge < -0.3 is 0 Å². The van der Waals surface area contributed by atoms with E-state index in [-0.39, 0.29) is 24.6 Å². The second-order valence-electron chi connectivity index (χ2n) is 3.65. The third kappa shape index (κ3) is 2.88. The van der Waals surface area contributed by atoms with Crippen LogP contribution in [-0.4, -0.2) is 23.1 Å². The van der Waals surface area contributed by atoms with Crippen molar-refractivity contribution in [2.45, 2.75) is 19.4 Å². The number of nitrogens with zero attached hydrogens (tertiary/aromatic N) is 2. The Morgan fingerprint density at radius 3 is 2.53 bits per heavy atom. The Bertz CT molecular complexity index is 459. The van der Waals surface area contributed by atoms with Gasteiger partial charge in [-0.1, -0.05) is 28.1 Å². The van der Waals surface area contributed by atoms with Crippen LogP contribution in [0.25, 0.3) is 0 Å². The number of carbonyl (C=O) groups is 1. The molecule has 0 aromatic heterocycles. The normalized spacial score (nSPS) is 15.6. The summed E-state index contributed by atoms with van der Waals surface area (Å²) in [7, 11) is 0. The van der Waals surface area contributed by atoms with Gasteiger partial charge in [-0.3, -0.25) is 4.79 Å². The summed E-state index contributed by atoms with van der Waals surface area (Å²) in [5, 5.41) is 4.71. The Hall–Kier alpha value is -1.30. The van der Waals surface area contributed by atoms with Gasteiger partial charge in [-0.05, 0) is 17.7 Å². The molecule has 0 fully saturated rings. The maximum Gasteiger partial charge on any atom is 0.278 e. The van der Waals surface area contributed by atoms with Crippen LogP contribution in [0.2, 0.25) is 0 Å². The molecule has 90 valence electrons. The first-order valence-corrected chi connectivity index (χ1v) is 5.76. The standard InChI is InChI=1S/C11H9BrF2N2O/c12-8-3-1-7(2-4-8)6-16-10(17)5-9(15-16)11(13)14/h1-4,11H,5-6H2. The highest BCUT2D eigenvalue weighted by atomic mass is 79.9. The Kier molecular flexibility index (Phi) is 3.51. The molecule has 6 heteroatoms. The lowest BCUT2D eigenvalue weighted by atomic mass is 10.2. The third-order valence-corrected chi connectivity index (χ3v) is 2.90. The Morgan fingerprint density at radius 1 is 1.35 bits per heavy atom. The van der Waals surface area contributed by atoms with Crippen LogP contribution < -0.4 is 0 Å². The van der Waals surface area contributed by atoms with Crippen molar-refractivity contribution in [1.29, 1.82) is 0 Å². The number of hydrogen-bond acceptors (Lipinski definition) is 2. The Labute approximate surface area is 105 Å². The van der Waals surface area contributed by atoms with Crippen molar-refractivity contribution in [3.63, 3.8) is 0 Å². The predicted molar refractivity (Wildman–Crippen MR) is 62.7 cm³/mol. The number of benzene rings is 1. The smallest absolute Gasteiger partial charge is 0.273 e. The number of halogens is 3. The number of rotatable bonds is 3. The van der Waals surface area contributed by atoms with Gasteiger partial charge in [0.05, 0.1) is 13.0 Å². The van der Waals surface area contributed by atoms with Gasteiger partial charge in [0, 0.05) is 4.47 Å². The molecule has 1 aromatic rings. The third-order valence-electron chi connectivity index (χ3n) is 2.37. The number of carbonyl (C=O) groups excluding carboxylic acids is 1. The lowest BCUT2D eigenvalue weighted by Gasteiger charge is -2.11. The first-order chi connectivity index (χ1) is 8.06. The molecule has 1 amide bonds. The minimum absolute atomic E-state index is 0.225. The van der Waals surface area contributed by atoms with Crippen molar-refractivity contribution in [2.24, 2.45) is 5.10 Å². The predicted octanol–water partition coefficient (Wildman–Crippen LogP) is 2.80. The number of amides is 1. The molecular formula is C11H9BrF2N2O. The molecule has 0 saturated heterocycles. The molecule has 0 atom stereocenters. The highest BCUT2D eigenvalue weighted by Crippen LogP contribution is 2.18. The lowest BCUT2D eigenvalue weighted by Crippen LogP contribution is -2.20. The molecule has 0 spiro atoms. The van der Waals surface area contributed by atoms with Crippen molar-refractivity contribution in [2.75, 3.05) is 0 Å². The fraction of sp³-hybridized carbons (Fsp3) is 0.273. The zero-order chi connectivity index (χ0) is 12.4. The molecule has 0 saturated carbocycles. The van der Waals surface area contributed by atoms with Gasteiger partial charge in [0.1, 0.15) is 5.71 Å². The van der Waals surface area contributed by atoms with Gasteiger partial charge in [-0.2, -0.15) is 5.10 Å². The van der Waals surface area contributed by atoms with E-state index in [1.165, 1.54) is 0 Å². The number of alkyl halides is 2. The van der Waals surface area contributed by atoms with Gasteiger partial charge in [0.15, 0.2) is 0 Å². The molecule has 1 aliphatic rings. The first kappa shape index (κ1) is 12.2. The van der Waals surface area contributed by atoms with Crippen LogP contribution in [0.4, 0.5) is 8.78 Å². The zero-order valence-corrected chi connectivity index (χ0v) is 10.3. The van der Waals surface area contributed by atoms with Crippen LogP contribution >= 0.6 is 15.9 Å². The molecule has 0 bridgehead atoms. The maximum absolute atomic E-state index is 12.4. The molecule has 3 nitrogen and oxygen atoms in total. The van der Waals surface area contributed by atoms with E-state index in [4.69, 9.17) is 0 Å². The molecule has 1 heterocycles. The van der Waals surface area contributed by atoms with E-state index in [2.05, 4.69) is 21.0 Å². The van der Waals surface area contributed by atoms with Gasteiger partial charge in [0.2, 0.25) is 5.91 Å². The summed E-state index contributed by atoms with van der Waals surface area (Å²) in [6.07, 6.45) is -2.94. The second kappa shape index (κ2) is 4.91. The fourth-order valence-corrected chi connectivity index (χ4v) is 1.76. The Morgan fingerprint density at radius 2 is 2.00 bits per heavy atom. The highest BCUT2D eigenvalue weighted by molar-refractivity contribution is 9.10. The van der Waals surface area contributed by atoms with E-state index in [1.54, 1.807) is 0 Å². The van der Waals surface area contributed by atoms with E-state index in [0.29, 0.717) is 0 Å². The topological polar surface area (TPSA) is 32.7 Å². The molecule has 1 aromatic carbocycles. The zero-order valence-electron chi connectivity index (χ0n) is 8.74. The van der Waals surface area contributed by atoms with E-state index >= 15 is 0 Å². The maximum atomic E-state index is 12.4. The summed E-state index contributed by atoms with van der Waals surface area (Å²) in [6.45, 7) is 0.225. The molecule has 0 radical (unpaired) electrons. The van der Waals surface area contributed by atoms with Crippen molar-refractivity contribution < 1.29 is 13.6 Å². The molecule has 0 unspecified atom stereocenters. The molecule has 0 N–H and O–H groups in total. The average Bonchev–Trinajstić information content (AvgIpc) is 2.64. The highest BCUT2D eigenvalue weighted by Gasteiger charge is 2.28. The van der Waals surface area contributed by atoms with Crippen LogP contribution in [0, 0.1) is 0 Å². The minimum Gasteiger partial charge on any atom is -0.273 e. The average molecular weight is 303 g/mol. The van der Waals surface area contributed by atoms with E-state index < -0.39 is 6.43 Å². The summed E-state index contributed by atoms with van der Waals surface area (Å²) in [4.78, 5) is 11.4. The molecule has 0 aliphatic carbocycles. The minimum atomic E-state index is -2.66. The second-order valence-corrected chi connectivity index (χ2v) is 4.56. The van der Waals surface area contributed by atoms with Gasteiger partial charge in [-0.25, -0.2) is 13.8 Å². The lowest BCUT2D eigenvalue weighted by molar-refractivity contribution is -0.129. The van der Waals surface area contributed by atoms with Crippen molar-refractivity contribution in [1.82, 2.24) is 5.01 Å². The van der Waals surface area contributed by atoms with E-state index in [0.717, 1.165) is 15.0 Å². The van der Waals surface area contributed by atoms with Crippen molar-refractivity contribution in [3.05, 3.63) is 34.3 Å². The number of hydrogen-bond donors (Lipinski definition) is 0. The fourth-order valence-electron chi connectivity index (χ4n) is 1.50. The summed E-state index contributed by atoms with van der Waals surface area (Å²) in [5.41, 5.74) is 0.493. The monoisotopic (exact) mass is 302 g/mol. The van der Waals surface area contributed by atoms with E-state index in [1.807, 2.05) is 24.3 Å². The van der Waals surface area contributed by atoms with Crippen LogP contribution in [-0.2, 0) is 11.3 Å². The van der Waals surface area contributed by atoms with Gasteiger partial charge in [0.25, 0.3) is 6.43 Å². The van der Waals surface area contributed by atoms with Crippen LogP contribution in [0.15, 0.2) is 33.8 Å². The van der Waals surface area contributed by atoms with Crippen LogP contribution in [0.5, 0.6) is 0 Å². The summed E-state index contributed by atoms with van der Waals surface area (Å²) >= 11 is 3.29. The van der Waals surface area contributed by atoms with Crippen molar-refractivity contribution in [3.8, 4) is 0 Å². The molecule has 2 rings (SSSR count). The van der Waals surface area contributed by atoms with E-state index in [9.17, 15) is 13.6 Å². The quantitative estimate of drug-likeness (QED) is 0.845. The summed E-state index contributed by atoms with van der Waals surface area (Å²) < 4.78 is 25.6. The van der Waals surface area contributed by atoms with Crippen LogP contribution in [0.1, 0.15) is 12.0 Å². The number of hydrazone groups is 1. The SMILES string of the molecule is O=C1CC(C(F)F)=NN1Cc1ccc(Br)cc1. The van der Waals surface area contributed by atoms with Gasteiger partial charge in [-0.15, -0.1) is 0 Å². The van der Waals surface area contributed by atoms with Gasteiger partial charge >= 0.3 is 0 Å². The molecule has 17 heavy (non-hydrogen) atoms. The van der Waals surface area contributed by atoms with Crippen LogP contribution in [0.3, 0.4) is 0 Å². The molecule has 1 aliphatic heterocycles. The van der Waals surface area contributed by atoms with Crippen molar-refractivity contribution >= 4 is 27.5 Å². The largest absolute Gasteiger partial charge is 0.278 e. The Balaban J connectivity index is 2.09. The first-order valence-electron chi connectivity index (χ1n) is 4.96.